The molecule has 100 valence electrons. The van der Waals surface area contributed by atoms with Crippen molar-refractivity contribution in [2.45, 2.75) is 39.5 Å². The molecular weight excluding hydrogens is 216 g/mol. The smallest absolute Gasteiger partial charge is 0.224 e. The second-order valence-corrected chi connectivity index (χ2v) is 5.29. The van der Waals surface area contributed by atoms with E-state index in [9.17, 15) is 9.90 Å². The first-order chi connectivity index (χ1) is 8.13. The van der Waals surface area contributed by atoms with Crippen LogP contribution in [0.3, 0.4) is 0 Å². The molecule has 0 aromatic rings. The van der Waals surface area contributed by atoms with Crippen molar-refractivity contribution in [2.24, 2.45) is 11.3 Å². The van der Waals surface area contributed by atoms with Gasteiger partial charge < -0.3 is 15.7 Å². The molecule has 1 saturated carbocycles. The van der Waals surface area contributed by atoms with Crippen molar-refractivity contribution in [1.82, 2.24) is 10.6 Å². The highest BCUT2D eigenvalue weighted by molar-refractivity contribution is 5.78. The molecule has 1 rings (SSSR count). The normalized spacial score (nSPS) is 20.2. The predicted molar refractivity (Wildman–Crippen MR) is 68.7 cm³/mol. The van der Waals surface area contributed by atoms with E-state index >= 15 is 0 Å². The zero-order valence-corrected chi connectivity index (χ0v) is 11.1. The molecule has 0 heterocycles. The van der Waals surface area contributed by atoms with Gasteiger partial charge in [-0.15, -0.1) is 0 Å². The summed E-state index contributed by atoms with van der Waals surface area (Å²) in [7, 11) is 0. The molecule has 0 bridgehead atoms. The first kappa shape index (κ1) is 14.5. The fraction of sp³-hybridized carbons (Fsp3) is 0.923. The summed E-state index contributed by atoms with van der Waals surface area (Å²) in [6.45, 7) is 6.38. The van der Waals surface area contributed by atoms with Crippen LogP contribution in [0.15, 0.2) is 0 Å². The molecule has 17 heavy (non-hydrogen) atoms. The Morgan fingerprint density at radius 1 is 1.41 bits per heavy atom. The summed E-state index contributed by atoms with van der Waals surface area (Å²) < 4.78 is 0. The highest BCUT2D eigenvalue weighted by Gasteiger charge is 2.33. The minimum atomic E-state index is -0.0481. The van der Waals surface area contributed by atoms with Crippen molar-refractivity contribution in [1.29, 1.82) is 0 Å². The molecule has 1 aliphatic rings. The van der Waals surface area contributed by atoms with E-state index in [1.807, 2.05) is 13.8 Å². The highest BCUT2D eigenvalue weighted by Crippen LogP contribution is 2.36. The van der Waals surface area contributed by atoms with Gasteiger partial charge in [-0.3, -0.25) is 4.79 Å². The van der Waals surface area contributed by atoms with Crippen LogP contribution in [-0.2, 0) is 4.79 Å². The lowest BCUT2D eigenvalue weighted by molar-refractivity contribution is -0.125. The maximum Gasteiger partial charge on any atom is 0.224 e. The van der Waals surface area contributed by atoms with Gasteiger partial charge in [0.1, 0.15) is 0 Å². The second kappa shape index (κ2) is 6.97. The standard InChI is InChI=1S/C13H26N2O2/c1-3-14-8-11(2)12(17)15-9-13(10-16)6-4-5-7-13/h11,14,16H,3-10H2,1-2H3,(H,15,17). The Labute approximate surface area is 104 Å². The summed E-state index contributed by atoms with van der Waals surface area (Å²) in [6, 6.07) is 0. The molecule has 1 fully saturated rings. The molecule has 4 nitrogen and oxygen atoms in total. The average molecular weight is 242 g/mol. The molecule has 0 aromatic carbocycles. The maximum absolute atomic E-state index is 11.8. The van der Waals surface area contributed by atoms with Crippen LogP contribution >= 0.6 is 0 Å². The van der Waals surface area contributed by atoms with Gasteiger partial charge in [-0.25, -0.2) is 0 Å². The van der Waals surface area contributed by atoms with E-state index in [4.69, 9.17) is 0 Å². The molecule has 0 saturated heterocycles. The molecule has 3 N–H and O–H groups in total. The van der Waals surface area contributed by atoms with Crippen molar-refractivity contribution < 1.29 is 9.90 Å². The van der Waals surface area contributed by atoms with E-state index in [0.29, 0.717) is 13.1 Å². The number of hydrogen-bond donors (Lipinski definition) is 3. The first-order valence-corrected chi connectivity index (χ1v) is 6.73. The van der Waals surface area contributed by atoms with Crippen molar-refractivity contribution in [3.63, 3.8) is 0 Å². The summed E-state index contributed by atoms with van der Waals surface area (Å²) in [6.07, 6.45) is 4.41. The summed E-state index contributed by atoms with van der Waals surface area (Å²) in [5.74, 6) is 0.0813. The van der Waals surface area contributed by atoms with Gasteiger partial charge in [-0.05, 0) is 19.4 Å². The molecule has 1 unspecified atom stereocenters. The van der Waals surface area contributed by atoms with E-state index in [2.05, 4.69) is 10.6 Å². The van der Waals surface area contributed by atoms with Crippen LogP contribution < -0.4 is 10.6 Å². The number of nitrogens with one attached hydrogen (secondary N) is 2. The van der Waals surface area contributed by atoms with Gasteiger partial charge >= 0.3 is 0 Å². The first-order valence-electron chi connectivity index (χ1n) is 6.73. The number of carbonyl (C=O) groups is 1. The zero-order valence-electron chi connectivity index (χ0n) is 11.1. The molecule has 4 heteroatoms. The fourth-order valence-corrected chi connectivity index (χ4v) is 2.42. The summed E-state index contributed by atoms with van der Waals surface area (Å²) >= 11 is 0. The molecular formula is C13H26N2O2. The maximum atomic E-state index is 11.8. The van der Waals surface area contributed by atoms with E-state index < -0.39 is 0 Å². The SMILES string of the molecule is CCNCC(C)C(=O)NCC1(CO)CCCC1. The molecule has 0 radical (unpaired) electrons. The number of carbonyl (C=O) groups excluding carboxylic acids is 1. The molecule has 0 spiro atoms. The number of aliphatic hydroxyl groups excluding tert-OH is 1. The van der Waals surface area contributed by atoms with Gasteiger partial charge in [-0.1, -0.05) is 26.7 Å². The molecule has 0 aliphatic heterocycles. The average Bonchev–Trinajstić information content (AvgIpc) is 2.82. The quantitative estimate of drug-likeness (QED) is 0.621. The van der Waals surface area contributed by atoms with Crippen LogP contribution in [-0.4, -0.2) is 37.3 Å². The minimum absolute atomic E-state index is 0.00732. The van der Waals surface area contributed by atoms with Gasteiger partial charge in [0.2, 0.25) is 5.91 Å². The van der Waals surface area contributed by atoms with Gasteiger partial charge in [-0.2, -0.15) is 0 Å². The van der Waals surface area contributed by atoms with Crippen molar-refractivity contribution in [2.75, 3.05) is 26.2 Å². The van der Waals surface area contributed by atoms with Gasteiger partial charge in [0, 0.05) is 24.4 Å². The molecule has 0 aromatic heterocycles. The predicted octanol–water partition coefficient (Wildman–Crippen LogP) is 0.901. The lowest BCUT2D eigenvalue weighted by Gasteiger charge is -2.27. The summed E-state index contributed by atoms with van der Waals surface area (Å²) in [5.41, 5.74) is -0.0481. The van der Waals surface area contributed by atoms with E-state index in [1.165, 1.54) is 12.8 Å². The van der Waals surface area contributed by atoms with Crippen LogP contribution in [0.4, 0.5) is 0 Å². The number of hydrogen-bond acceptors (Lipinski definition) is 3. The second-order valence-electron chi connectivity index (χ2n) is 5.29. The van der Waals surface area contributed by atoms with E-state index in [-0.39, 0.29) is 23.8 Å². The van der Waals surface area contributed by atoms with Gasteiger partial charge in [0.25, 0.3) is 0 Å². The Hall–Kier alpha value is -0.610. The van der Waals surface area contributed by atoms with Crippen molar-refractivity contribution in [3.8, 4) is 0 Å². The zero-order chi connectivity index (χ0) is 12.7. The third-order valence-corrected chi connectivity index (χ3v) is 3.79. The fourth-order valence-electron chi connectivity index (χ4n) is 2.42. The highest BCUT2D eigenvalue weighted by atomic mass is 16.3. The Balaban J connectivity index is 2.31. The number of rotatable bonds is 7. The molecule has 1 atom stereocenters. The van der Waals surface area contributed by atoms with Crippen molar-refractivity contribution >= 4 is 5.91 Å². The third-order valence-electron chi connectivity index (χ3n) is 3.79. The topological polar surface area (TPSA) is 61.4 Å². The van der Waals surface area contributed by atoms with Gasteiger partial charge in [0.05, 0.1) is 6.61 Å². The molecule has 1 aliphatic carbocycles. The van der Waals surface area contributed by atoms with E-state index in [1.54, 1.807) is 0 Å². The largest absolute Gasteiger partial charge is 0.396 e. The van der Waals surface area contributed by atoms with Crippen LogP contribution in [0, 0.1) is 11.3 Å². The Morgan fingerprint density at radius 3 is 2.59 bits per heavy atom. The molecule has 1 amide bonds. The summed E-state index contributed by atoms with van der Waals surface area (Å²) in [5, 5.41) is 15.6. The van der Waals surface area contributed by atoms with E-state index in [0.717, 1.165) is 19.4 Å². The Morgan fingerprint density at radius 2 is 2.06 bits per heavy atom. The monoisotopic (exact) mass is 242 g/mol. The Bertz CT molecular complexity index is 238. The number of aliphatic hydroxyl groups is 1. The van der Waals surface area contributed by atoms with Gasteiger partial charge in [0.15, 0.2) is 0 Å². The lowest BCUT2D eigenvalue weighted by atomic mass is 9.87. The lowest BCUT2D eigenvalue weighted by Crippen LogP contribution is -2.42. The Kier molecular flexibility index (Phi) is 5.92. The summed E-state index contributed by atoms with van der Waals surface area (Å²) in [4.78, 5) is 11.8. The van der Waals surface area contributed by atoms with Crippen LogP contribution in [0.1, 0.15) is 39.5 Å². The van der Waals surface area contributed by atoms with Crippen LogP contribution in [0.25, 0.3) is 0 Å². The third kappa shape index (κ3) is 4.28. The van der Waals surface area contributed by atoms with Crippen molar-refractivity contribution in [3.05, 3.63) is 0 Å². The minimum Gasteiger partial charge on any atom is -0.396 e. The van der Waals surface area contributed by atoms with Crippen LogP contribution in [0.5, 0.6) is 0 Å². The number of amides is 1. The van der Waals surface area contributed by atoms with Crippen LogP contribution in [0.2, 0.25) is 0 Å².